The predicted molar refractivity (Wildman–Crippen MR) is 101 cm³/mol. The van der Waals surface area contributed by atoms with Crippen molar-refractivity contribution < 1.29 is 0 Å². The van der Waals surface area contributed by atoms with Gasteiger partial charge in [-0.1, -0.05) is 79.4 Å². The number of allylic oxidation sites excluding steroid dienone is 3. The van der Waals surface area contributed by atoms with Crippen molar-refractivity contribution in [1.82, 2.24) is 0 Å². The second-order valence-corrected chi connectivity index (χ2v) is 5.48. The van der Waals surface area contributed by atoms with Crippen LogP contribution in [0.15, 0.2) is 97.6 Å². The maximum absolute atomic E-state index is 3.94. The van der Waals surface area contributed by atoms with Crippen LogP contribution in [0.5, 0.6) is 0 Å². The Hall–Kier alpha value is -2.86. The van der Waals surface area contributed by atoms with E-state index in [4.69, 9.17) is 0 Å². The highest BCUT2D eigenvalue weighted by Gasteiger charge is 2.06. The summed E-state index contributed by atoms with van der Waals surface area (Å²) >= 11 is 0. The first kappa shape index (κ1) is 15.1. The average molecular weight is 296 g/mol. The minimum absolute atomic E-state index is 1.15. The van der Waals surface area contributed by atoms with E-state index in [0.29, 0.717) is 0 Å². The first-order valence-corrected chi connectivity index (χ1v) is 7.87. The molecule has 0 aliphatic heterocycles. The van der Waals surface area contributed by atoms with Gasteiger partial charge in [0.05, 0.1) is 0 Å². The van der Waals surface area contributed by atoms with Crippen molar-refractivity contribution >= 4 is 5.57 Å². The Labute approximate surface area is 138 Å². The fourth-order valence-corrected chi connectivity index (χ4v) is 2.79. The van der Waals surface area contributed by atoms with Gasteiger partial charge in [0.2, 0.25) is 0 Å². The lowest BCUT2D eigenvalue weighted by molar-refractivity contribution is 1.55. The molecule has 0 saturated heterocycles. The van der Waals surface area contributed by atoms with Gasteiger partial charge in [0.15, 0.2) is 0 Å². The van der Waals surface area contributed by atoms with Gasteiger partial charge in [-0.15, -0.1) is 0 Å². The molecule has 0 saturated carbocycles. The number of hydrogen-bond donors (Lipinski definition) is 0. The largest absolute Gasteiger partial charge is 0.0985 e. The van der Waals surface area contributed by atoms with E-state index in [1.165, 1.54) is 27.8 Å². The molecule has 0 aliphatic rings. The molecule has 0 aromatic heterocycles. The molecule has 0 N–H and O–H groups in total. The molecule has 0 radical (unpaired) electrons. The first-order chi connectivity index (χ1) is 11.3. The lowest BCUT2D eigenvalue weighted by Crippen LogP contribution is -1.87. The number of hydrogen-bond acceptors (Lipinski definition) is 0. The number of benzene rings is 3. The lowest BCUT2D eigenvalue weighted by Gasteiger charge is -2.11. The Morgan fingerprint density at radius 1 is 0.696 bits per heavy atom. The summed E-state index contributed by atoms with van der Waals surface area (Å²) in [5, 5.41) is 0. The highest BCUT2D eigenvalue weighted by molar-refractivity contribution is 5.82. The Balaban J connectivity index is 2.21. The third-order valence-corrected chi connectivity index (χ3v) is 4.01. The van der Waals surface area contributed by atoms with Crippen LogP contribution in [0.1, 0.15) is 12.5 Å². The van der Waals surface area contributed by atoms with Crippen LogP contribution < -0.4 is 0 Å². The molecule has 3 rings (SSSR count). The molecule has 0 atom stereocenters. The summed E-state index contributed by atoms with van der Waals surface area (Å²) in [6, 6.07) is 27.7. The molecule has 0 heteroatoms. The van der Waals surface area contributed by atoms with Crippen LogP contribution >= 0.6 is 0 Å². The van der Waals surface area contributed by atoms with Crippen molar-refractivity contribution in [2.75, 3.05) is 0 Å². The Kier molecular flexibility index (Phi) is 4.54. The Morgan fingerprint density at radius 3 is 1.57 bits per heavy atom. The lowest BCUT2D eigenvalue weighted by atomic mass is 9.93. The molecule has 0 nitrogen and oxygen atoms in total. The van der Waals surface area contributed by atoms with Crippen LogP contribution in [0.25, 0.3) is 27.8 Å². The summed E-state index contributed by atoms with van der Waals surface area (Å²) in [5.74, 6) is 0. The minimum atomic E-state index is 1.15. The Morgan fingerprint density at radius 2 is 1.17 bits per heavy atom. The molecule has 0 heterocycles. The third kappa shape index (κ3) is 3.32. The zero-order valence-electron chi connectivity index (χ0n) is 13.4. The van der Waals surface area contributed by atoms with E-state index in [2.05, 4.69) is 79.4 Å². The van der Waals surface area contributed by atoms with E-state index in [0.717, 1.165) is 5.57 Å². The van der Waals surface area contributed by atoms with Crippen LogP contribution in [0.2, 0.25) is 0 Å². The molecule has 0 amide bonds. The van der Waals surface area contributed by atoms with Gasteiger partial charge < -0.3 is 0 Å². The van der Waals surface area contributed by atoms with Gasteiger partial charge in [0.25, 0.3) is 0 Å². The van der Waals surface area contributed by atoms with Crippen molar-refractivity contribution in [3.05, 3.63) is 103 Å². The van der Waals surface area contributed by atoms with E-state index in [1.807, 2.05) is 25.1 Å². The summed E-state index contributed by atoms with van der Waals surface area (Å²) in [4.78, 5) is 0. The first-order valence-electron chi connectivity index (χ1n) is 7.87. The molecule has 3 aromatic carbocycles. The average Bonchev–Trinajstić information content (AvgIpc) is 2.64. The van der Waals surface area contributed by atoms with Gasteiger partial charge in [-0.2, -0.15) is 0 Å². The summed E-state index contributed by atoms with van der Waals surface area (Å²) < 4.78 is 0. The van der Waals surface area contributed by atoms with E-state index >= 15 is 0 Å². The highest BCUT2D eigenvalue weighted by atomic mass is 14.1. The SMILES string of the molecule is C=C/C(=C\C)c1cc(-c2ccccc2)cc(-c2ccccc2)c1. The zero-order valence-corrected chi connectivity index (χ0v) is 13.4. The van der Waals surface area contributed by atoms with Crippen LogP contribution in [0.4, 0.5) is 0 Å². The van der Waals surface area contributed by atoms with Gasteiger partial charge in [-0.25, -0.2) is 0 Å². The molecule has 0 spiro atoms. The molecule has 0 fully saturated rings. The van der Waals surface area contributed by atoms with Gasteiger partial charge in [-0.05, 0) is 58.5 Å². The van der Waals surface area contributed by atoms with Crippen molar-refractivity contribution in [2.24, 2.45) is 0 Å². The Bertz CT molecular complexity index is 767. The molecule has 23 heavy (non-hydrogen) atoms. The van der Waals surface area contributed by atoms with Gasteiger partial charge in [-0.3, -0.25) is 0 Å². The van der Waals surface area contributed by atoms with Crippen LogP contribution in [-0.2, 0) is 0 Å². The second-order valence-electron chi connectivity index (χ2n) is 5.48. The van der Waals surface area contributed by atoms with E-state index in [9.17, 15) is 0 Å². The van der Waals surface area contributed by atoms with Crippen molar-refractivity contribution in [3.8, 4) is 22.3 Å². The maximum Gasteiger partial charge on any atom is -0.0172 e. The third-order valence-electron chi connectivity index (χ3n) is 4.01. The molecular formula is C23H20. The van der Waals surface area contributed by atoms with Crippen molar-refractivity contribution in [1.29, 1.82) is 0 Å². The molecule has 3 aromatic rings. The topological polar surface area (TPSA) is 0 Å². The standard InChI is InChI=1S/C23H20/c1-3-18(4-2)21-15-22(19-11-7-5-8-12-19)17-23(16-21)20-13-9-6-10-14-20/h3-17H,1H2,2H3/b18-4+. The van der Waals surface area contributed by atoms with Crippen LogP contribution in [-0.4, -0.2) is 0 Å². The maximum atomic E-state index is 3.94. The highest BCUT2D eigenvalue weighted by Crippen LogP contribution is 2.31. The number of rotatable bonds is 4. The molecular weight excluding hydrogens is 276 g/mol. The van der Waals surface area contributed by atoms with Crippen LogP contribution in [0.3, 0.4) is 0 Å². The fourth-order valence-electron chi connectivity index (χ4n) is 2.79. The monoisotopic (exact) mass is 296 g/mol. The summed E-state index contributed by atoms with van der Waals surface area (Å²) in [7, 11) is 0. The molecule has 0 unspecified atom stereocenters. The van der Waals surface area contributed by atoms with Gasteiger partial charge in [0, 0.05) is 0 Å². The predicted octanol–water partition coefficient (Wildman–Crippen LogP) is 6.61. The van der Waals surface area contributed by atoms with Gasteiger partial charge in [0.1, 0.15) is 0 Å². The van der Waals surface area contributed by atoms with Crippen LogP contribution in [0, 0.1) is 0 Å². The molecule has 0 aliphatic carbocycles. The smallest absolute Gasteiger partial charge is 0.0172 e. The zero-order chi connectivity index (χ0) is 16.1. The van der Waals surface area contributed by atoms with Crippen molar-refractivity contribution in [2.45, 2.75) is 6.92 Å². The van der Waals surface area contributed by atoms with E-state index < -0.39 is 0 Å². The normalized spacial score (nSPS) is 11.3. The fraction of sp³-hybridized carbons (Fsp3) is 0.0435. The van der Waals surface area contributed by atoms with E-state index in [-0.39, 0.29) is 0 Å². The van der Waals surface area contributed by atoms with Crippen molar-refractivity contribution in [3.63, 3.8) is 0 Å². The quantitative estimate of drug-likeness (QED) is 0.475. The van der Waals surface area contributed by atoms with Gasteiger partial charge >= 0.3 is 0 Å². The molecule has 0 bridgehead atoms. The summed E-state index contributed by atoms with van der Waals surface area (Å²) in [6.45, 7) is 5.99. The minimum Gasteiger partial charge on any atom is -0.0985 e. The summed E-state index contributed by atoms with van der Waals surface area (Å²) in [5.41, 5.74) is 7.26. The van der Waals surface area contributed by atoms with E-state index in [1.54, 1.807) is 0 Å². The summed E-state index contributed by atoms with van der Waals surface area (Å²) in [6.07, 6.45) is 4.02. The molecule has 112 valence electrons. The second kappa shape index (κ2) is 6.93.